The van der Waals surface area contributed by atoms with Crippen molar-refractivity contribution in [2.75, 3.05) is 0 Å². The zero-order valence-corrected chi connectivity index (χ0v) is 21.4. The third kappa shape index (κ3) is 3.17. The molecule has 0 heterocycles. The fourth-order valence-electron chi connectivity index (χ4n) is 8.94. The molecule has 4 aliphatic rings. The van der Waals surface area contributed by atoms with Crippen molar-refractivity contribution in [3.8, 4) is 11.5 Å². The van der Waals surface area contributed by atoms with Gasteiger partial charge in [0.05, 0.1) is 0 Å². The van der Waals surface area contributed by atoms with Crippen molar-refractivity contribution in [3.05, 3.63) is 34.4 Å². The number of rotatable bonds is 2. The average molecular weight is 451 g/mol. The summed E-state index contributed by atoms with van der Waals surface area (Å²) in [6, 6.07) is 1.82. The second-order valence-corrected chi connectivity index (χ2v) is 13.0. The Morgan fingerprint density at radius 2 is 1.79 bits per heavy atom. The van der Waals surface area contributed by atoms with E-state index in [4.69, 9.17) is 0 Å². The zero-order chi connectivity index (χ0) is 23.9. The number of hydrogen-bond donors (Lipinski definition) is 2. The zero-order valence-electron chi connectivity index (χ0n) is 21.4. The first-order valence-corrected chi connectivity index (χ1v) is 13.2. The normalized spacial score (nSPS) is 41.8. The molecule has 0 amide bonds. The van der Waals surface area contributed by atoms with Crippen molar-refractivity contribution in [1.82, 2.24) is 0 Å². The van der Waals surface area contributed by atoms with E-state index < -0.39 is 0 Å². The van der Waals surface area contributed by atoms with E-state index in [1.807, 2.05) is 13.0 Å². The molecule has 3 nitrogen and oxygen atoms in total. The van der Waals surface area contributed by atoms with Crippen LogP contribution in [0, 0.1) is 35.5 Å². The first-order chi connectivity index (χ1) is 15.4. The summed E-state index contributed by atoms with van der Waals surface area (Å²) in [5.74, 6) is 2.35. The highest BCUT2D eigenvalue weighted by Gasteiger charge is 2.60. The molecule has 7 atom stereocenters. The number of benzene rings is 1. The summed E-state index contributed by atoms with van der Waals surface area (Å²) < 4.78 is 0. The molecule has 0 radical (unpaired) electrons. The van der Waals surface area contributed by atoms with Crippen molar-refractivity contribution in [3.63, 3.8) is 0 Å². The Bertz CT molecular complexity index is 1040. The summed E-state index contributed by atoms with van der Waals surface area (Å²) in [5.41, 5.74) is 4.90. The molecule has 4 aliphatic carbocycles. The predicted octanol–water partition coefficient (Wildman–Crippen LogP) is 7.32. The lowest BCUT2D eigenvalue weighted by atomic mass is 9.40. The topological polar surface area (TPSA) is 57.5 Å². The number of ketones is 1. The molecule has 2 N–H and O–H groups in total. The number of phenolic OH excluding ortho intramolecular Hbond substituents is 2. The third-order valence-electron chi connectivity index (χ3n) is 10.9. The number of hydrogen-bond acceptors (Lipinski definition) is 3. The Morgan fingerprint density at radius 3 is 2.48 bits per heavy atom. The Labute approximate surface area is 199 Å². The molecule has 0 aliphatic heterocycles. The van der Waals surface area contributed by atoms with Gasteiger partial charge in [-0.2, -0.15) is 0 Å². The van der Waals surface area contributed by atoms with Gasteiger partial charge in [-0.15, -0.1) is 0 Å². The van der Waals surface area contributed by atoms with Crippen molar-refractivity contribution in [2.24, 2.45) is 28.6 Å². The van der Waals surface area contributed by atoms with Crippen LogP contribution in [0.1, 0.15) is 109 Å². The van der Waals surface area contributed by atoms with E-state index in [1.54, 1.807) is 6.92 Å². The minimum Gasteiger partial charge on any atom is -0.504 e. The number of carbonyl (C=O) groups excluding carboxylic acids is 1. The molecule has 1 aromatic rings. The van der Waals surface area contributed by atoms with Crippen LogP contribution in [-0.4, -0.2) is 16.0 Å². The first kappa shape index (κ1) is 23.0. The Hall–Kier alpha value is -1.77. The minimum absolute atomic E-state index is 0.0266. The van der Waals surface area contributed by atoms with Gasteiger partial charge in [-0.25, -0.2) is 0 Å². The Morgan fingerprint density at radius 1 is 1.06 bits per heavy atom. The summed E-state index contributed by atoms with van der Waals surface area (Å²) in [5, 5.41) is 21.2. The molecular formula is C30H42O3. The smallest absolute Gasteiger partial charge is 0.160 e. The van der Waals surface area contributed by atoms with Crippen molar-refractivity contribution in [2.45, 2.75) is 104 Å². The van der Waals surface area contributed by atoms with Crippen LogP contribution in [0.4, 0.5) is 0 Å². The van der Waals surface area contributed by atoms with Gasteiger partial charge in [0.2, 0.25) is 0 Å². The Kier molecular flexibility index (Phi) is 5.13. The van der Waals surface area contributed by atoms with Crippen LogP contribution in [0.15, 0.2) is 17.7 Å². The van der Waals surface area contributed by atoms with Gasteiger partial charge >= 0.3 is 0 Å². The van der Waals surface area contributed by atoms with Crippen molar-refractivity contribution < 1.29 is 15.0 Å². The fraction of sp³-hybridized carbons (Fsp3) is 0.700. The molecular weight excluding hydrogens is 408 g/mol. The highest BCUT2D eigenvalue weighted by Crippen LogP contribution is 2.69. The molecule has 3 fully saturated rings. The van der Waals surface area contributed by atoms with Crippen LogP contribution >= 0.6 is 0 Å². The lowest BCUT2D eigenvalue weighted by Gasteiger charge is -2.64. The number of Topliss-reactive ketones (excluding diaryl/α,β-unsaturated/α-hetero) is 1. The molecule has 33 heavy (non-hydrogen) atoms. The van der Waals surface area contributed by atoms with Crippen LogP contribution in [0.25, 0.3) is 0 Å². The van der Waals surface area contributed by atoms with Gasteiger partial charge in [-0.3, -0.25) is 4.79 Å². The molecule has 0 bridgehead atoms. The van der Waals surface area contributed by atoms with Crippen molar-refractivity contribution in [1.29, 1.82) is 0 Å². The van der Waals surface area contributed by atoms with Crippen LogP contribution in [0.3, 0.4) is 0 Å². The lowest BCUT2D eigenvalue weighted by Crippen LogP contribution is -2.56. The molecule has 5 rings (SSSR count). The number of fused-ring (bicyclic) bond motifs is 7. The second-order valence-electron chi connectivity index (χ2n) is 13.0. The summed E-state index contributed by atoms with van der Waals surface area (Å²) in [6.07, 6.45) is 11.8. The number of aromatic hydroxyl groups is 2. The van der Waals surface area contributed by atoms with Gasteiger partial charge in [0.15, 0.2) is 11.5 Å². The van der Waals surface area contributed by atoms with Crippen molar-refractivity contribution >= 4 is 5.78 Å². The molecule has 3 saturated carbocycles. The molecule has 0 aromatic heterocycles. The Balaban J connectivity index is 1.67. The van der Waals surface area contributed by atoms with E-state index in [1.165, 1.54) is 44.1 Å². The lowest BCUT2D eigenvalue weighted by molar-refractivity contribution is -0.117. The van der Waals surface area contributed by atoms with Crippen LogP contribution < -0.4 is 0 Å². The van der Waals surface area contributed by atoms with E-state index in [0.29, 0.717) is 17.8 Å². The summed E-state index contributed by atoms with van der Waals surface area (Å²) in [4.78, 5) is 12.3. The largest absolute Gasteiger partial charge is 0.504 e. The van der Waals surface area contributed by atoms with E-state index in [2.05, 4.69) is 33.8 Å². The highest BCUT2D eigenvalue weighted by atomic mass is 16.3. The maximum atomic E-state index is 12.3. The predicted molar refractivity (Wildman–Crippen MR) is 133 cm³/mol. The van der Waals surface area contributed by atoms with Gasteiger partial charge in [0.1, 0.15) is 5.78 Å². The molecule has 3 heteroatoms. The maximum absolute atomic E-state index is 12.3. The van der Waals surface area contributed by atoms with Gasteiger partial charge < -0.3 is 10.2 Å². The summed E-state index contributed by atoms with van der Waals surface area (Å²) in [7, 11) is 0. The molecule has 1 aromatic carbocycles. The molecule has 0 saturated heterocycles. The van der Waals surface area contributed by atoms with Crippen LogP contribution in [0.2, 0.25) is 0 Å². The van der Waals surface area contributed by atoms with E-state index in [-0.39, 0.29) is 34.0 Å². The van der Waals surface area contributed by atoms with Crippen LogP contribution in [-0.2, 0) is 10.2 Å². The quantitative estimate of drug-likeness (QED) is 0.366. The maximum Gasteiger partial charge on any atom is 0.160 e. The van der Waals surface area contributed by atoms with Gasteiger partial charge in [-0.1, -0.05) is 45.8 Å². The van der Waals surface area contributed by atoms with Crippen LogP contribution in [0.5, 0.6) is 11.5 Å². The number of phenols is 2. The highest BCUT2D eigenvalue weighted by molar-refractivity contribution is 5.78. The monoisotopic (exact) mass is 450 g/mol. The minimum atomic E-state index is -0.155. The molecule has 7 unspecified atom stereocenters. The van der Waals surface area contributed by atoms with Gasteiger partial charge in [0, 0.05) is 17.8 Å². The van der Waals surface area contributed by atoms with Gasteiger partial charge in [-0.05, 0) is 104 Å². The number of allylic oxidation sites excluding steroid dienone is 2. The summed E-state index contributed by atoms with van der Waals surface area (Å²) in [6.45, 7) is 13.4. The summed E-state index contributed by atoms with van der Waals surface area (Å²) >= 11 is 0. The molecule has 0 spiro atoms. The fourth-order valence-corrected chi connectivity index (χ4v) is 8.94. The van der Waals surface area contributed by atoms with E-state index >= 15 is 0 Å². The van der Waals surface area contributed by atoms with E-state index in [9.17, 15) is 15.0 Å². The third-order valence-corrected chi connectivity index (χ3v) is 10.9. The standard InChI is InChI=1S/C30H42O3/c1-17-7-9-28(4)11-12-30(6)21(22(28)13-17)8-10-29(5)23-16-24(32)27(33)19(3)26(23)20(14-18(2)31)15-25(29)30/h15-17,20-22,32-33H,7-14H2,1-6H3. The number of carbonyl (C=O) groups is 1. The van der Waals surface area contributed by atoms with E-state index in [0.717, 1.165) is 34.9 Å². The van der Waals surface area contributed by atoms with Gasteiger partial charge in [0.25, 0.3) is 0 Å². The first-order valence-electron chi connectivity index (χ1n) is 13.2. The average Bonchev–Trinajstić information content (AvgIpc) is 2.74. The second kappa shape index (κ2) is 7.36. The SMILES string of the molecule is CC(=O)CC1C=C2C(C)(CCC3C4CC(C)CCC4(C)CCC23C)c2cc(O)c(O)c(C)c21. The molecule has 180 valence electrons.